The van der Waals surface area contributed by atoms with E-state index < -0.39 is 17.2 Å². The fourth-order valence-corrected chi connectivity index (χ4v) is 2.47. The smallest absolute Gasteiger partial charge is 0.338 e. The number of hydrogen-bond acceptors (Lipinski definition) is 5. The van der Waals surface area contributed by atoms with E-state index in [0.29, 0.717) is 11.1 Å². The summed E-state index contributed by atoms with van der Waals surface area (Å²) < 4.78 is 5.97. The van der Waals surface area contributed by atoms with Crippen molar-refractivity contribution in [3.05, 3.63) is 43.6 Å². The lowest BCUT2D eigenvalue weighted by Crippen LogP contribution is -2.29. The van der Waals surface area contributed by atoms with Crippen molar-refractivity contribution < 1.29 is 14.3 Å². The number of rotatable bonds is 3. The Labute approximate surface area is 124 Å². The third-order valence-electron chi connectivity index (χ3n) is 3.34. The number of nitrogens with one attached hydrogen (secondary N) is 1. The second-order valence-electron chi connectivity index (χ2n) is 4.68. The first-order chi connectivity index (χ1) is 10.4. The lowest BCUT2D eigenvalue weighted by atomic mass is 9.98. The molecule has 2 rings (SSSR count). The molecule has 1 heterocycles. The van der Waals surface area contributed by atoms with Crippen LogP contribution in [-0.4, -0.2) is 28.1 Å². The van der Waals surface area contributed by atoms with Crippen LogP contribution in [0, 0.1) is 13.8 Å². The minimum Gasteiger partial charge on any atom is -0.462 e. The zero-order valence-electron chi connectivity index (χ0n) is 12.4. The van der Waals surface area contributed by atoms with Gasteiger partial charge in [0.15, 0.2) is 0 Å². The molecule has 0 amide bonds. The molecule has 1 N–H and O–H groups in total. The minimum absolute atomic E-state index is 0.153. The van der Waals surface area contributed by atoms with Crippen LogP contribution < -0.4 is 11.2 Å². The molecule has 7 heteroatoms. The van der Waals surface area contributed by atoms with Crippen LogP contribution in [-0.2, 0) is 9.53 Å². The predicted octanol–water partition coefficient (Wildman–Crippen LogP) is 0.786. The van der Waals surface area contributed by atoms with E-state index in [1.165, 1.54) is 12.0 Å². The zero-order valence-corrected chi connectivity index (χ0v) is 12.4. The summed E-state index contributed by atoms with van der Waals surface area (Å²) in [4.78, 5) is 48.6. The number of nitrogens with zero attached hydrogens (tertiary/aromatic N) is 1. The van der Waals surface area contributed by atoms with E-state index in [0.717, 1.165) is 10.8 Å². The van der Waals surface area contributed by atoms with E-state index in [4.69, 9.17) is 4.74 Å². The molecule has 22 heavy (non-hydrogen) atoms. The third kappa shape index (κ3) is 2.38. The van der Waals surface area contributed by atoms with E-state index in [9.17, 15) is 19.2 Å². The molecule has 0 radical (unpaired) electrons. The largest absolute Gasteiger partial charge is 0.462 e. The van der Waals surface area contributed by atoms with Crippen molar-refractivity contribution in [2.24, 2.45) is 0 Å². The van der Waals surface area contributed by atoms with Crippen LogP contribution in [0.3, 0.4) is 0 Å². The van der Waals surface area contributed by atoms with Gasteiger partial charge in [-0.15, -0.1) is 0 Å². The average Bonchev–Trinajstić information content (AvgIpc) is 2.42. The first kappa shape index (κ1) is 15.5. The van der Waals surface area contributed by atoms with Gasteiger partial charge in [0.25, 0.3) is 5.56 Å². The Morgan fingerprint density at radius 1 is 1.41 bits per heavy atom. The quantitative estimate of drug-likeness (QED) is 0.667. The van der Waals surface area contributed by atoms with Crippen molar-refractivity contribution >= 4 is 29.0 Å². The lowest BCUT2D eigenvalue weighted by molar-refractivity contribution is 0.0525. The summed E-state index contributed by atoms with van der Waals surface area (Å²) in [5.41, 5.74) is 0.0756. The van der Waals surface area contributed by atoms with Crippen molar-refractivity contribution in [2.75, 3.05) is 6.61 Å². The number of fused-ring (bicyclic) bond motifs is 1. The van der Waals surface area contributed by atoms with Gasteiger partial charge < -0.3 is 4.74 Å². The molecular formula is C15H14N2O5. The molecular weight excluding hydrogens is 288 g/mol. The van der Waals surface area contributed by atoms with Crippen LogP contribution in [0.5, 0.6) is 0 Å². The maximum Gasteiger partial charge on any atom is 0.338 e. The number of aryl methyl sites for hydroxylation is 2. The Bertz CT molecular complexity index is 930. The third-order valence-corrected chi connectivity index (χ3v) is 3.34. The molecule has 0 saturated carbocycles. The highest BCUT2D eigenvalue weighted by atomic mass is 16.5. The summed E-state index contributed by atoms with van der Waals surface area (Å²) in [6.45, 7) is 5.15. The SMILES string of the molecule is CCOC(=O)c1c(C)cc2c(c1C)c(=O)[nH]c(=O)n2C=C=O. The number of benzene rings is 1. The molecule has 114 valence electrons. The van der Waals surface area contributed by atoms with Crippen molar-refractivity contribution in [2.45, 2.75) is 20.8 Å². The second kappa shape index (κ2) is 5.83. The molecule has 7 nitrogen and oxygen atoms in total. The highest BCUT2D eigenvalue weighted by molar-refractivity contribution is 5.99. The number of carbonyl (C=O) groups excluding carboxylic acids is 2. The van der Waals surface area contributed by atoms with Gasteiger partial charge in [-0.2, -0.15) is 0 Å². The summed E-state index contributed by atoms with van der Waals surface area (Å²) in [6.07, 6.45) is 0.892. The van der Waals surface area contributed by atoms with E-state index in [1.807, 2.05) is 0 Å². The molecule has 0 atom stereocenters. The molecule has 0 bridgehead atoms. The Kier molecular flexibility index (Phi) is 4.10. The Morgan fingerprint density at radius 2 is 2.09 bits per heavy atom. The molecule has 0 fully saturated rings. The fraction of sp³-hybridized carbons (Fsp3) is 0.267. The van der Waals surface area contributed by atoms with Crippen LogP contribution >= 0.6 is 0 Å². The summed E-state index contributed by atoms with van der Waals surface area (Å²) in [6, 6.07) is 1.50. The van der Waals surface area contributed by atoms with Crippen LogP contribution in [0.4, 0.5) is 0 Å². The topological polar surface area (TPSA) is 98.2 Å². The van der Waals surface area contributed by atoms with E-state index in [2.05, 4.69) is 4.98 Å². The predicted molar refractivity (Wildman–Crippen MR) is 80.7 cm³/mol. The monoisotopic (exact) mass is 302 g/mol. The first-order valence-electron chi connectivity index (χ1n) is 6.59. The first-order valence-corrected chi connectivity index (χ1v) is 6.59. The van der Waals surface area contributed by atoms with E-state index in [1.54, 1.807) is 20.8 Å². The van der Waals surface area contributed by atoms with Crippen LogP contribution in [0.15, 0.2) is 15.7 Å². The van der Waals surface area contributed by atoms with Crippen molar-refractivity contribution in [3.8, 4) is 0 Å². The number of H-pyrrole nitrogens is 1. The van der Waals surface area contributed by atoms with Crippen molar-refractivity contribution in [3.63, 3.8) is 0 Å². The Balaban J connectivity index is 2.99. The highest BCUT2D eigenvalue weighted by Gasteiger charge is 2.19. The maximum absolute atomic E-state index is 12.1. The molecule has 0 unspecified atom stereocenters. The van der Waals surface area contributed by atoms with Gasteiger partial charge in [0, 0.05) is 0 Å². The summed E-state index contributed by atoms with van der Waals surface area (Å²) >= 11 is 0. The standard InChI is InChI=1S/C15H14N2O5/c1-4-22-14(20)11-8(2)7-10-12(9(11)3)13(19)16-15(21)17(10)5-6-18/h5,7H,4H2,1-3H3,(H,16,19,21). The molecule has 0 saturated heterocycles. The molecule has 0 aliphatic heterocycles. The van der Waals surface area contributed by atoms with E-state index >= 15 is 0 Å². The van der Waals surface area contributed by atoms with Crippen LogP contribution in [0.2, 0.25) is 0 Å². The van der Waals surface area contributed by atoms with Gasteiger partial charge >= 0.3 is 11.7 Å². The number of esters is 1. The molecule has 0 spiro atoms. The zero-order chi connectivity index (χ0) is 16.4. The number of hydrogen-bond donors (Lipinski definition) is 1. The van der Waals surface area contributed by atoms with Gasteiger partial charge in [-0.25, -0.2) is 14.4 Å². The molecule has 1 aromatic heterocycles. The summed E-state index contributed by atoms with van der Waals surface area (Å²) in [7, 11) is 0. The van der Waals surface area contributed by atoms with Gasteiger partial charge in [-0.1, -0.05) is 0 Å². The number of aromatic amines is 1. The summed E-state index contributed by atoms with van der Waals surface area (Å²) in [5.74, 6) is 0.968. The number of carbonyl (C=O) groups is 1. The van der Waals surface area contributed by atoms with Gasteiger partial charge in [0.2, 0.25) is 0 Å². The second-order valence-corrected chi connectivity index (χ2v) is 4.68. The van der Waals surface area contributed by atoms with Gasteiger partial charge in [-0.3, -0.25) is 14.3 Å². The summed E-state index contributed by atoms with van der Waals surface area (Å²) in [5, 5.41) is 0.153. The Hall–Kier alpha value is -2.92. The number of ether oxygens (including phenoxy) is 1. The molecule has 0 aliphatic carbocycles. The maximum atomic E-state index is 12.1. The van der Waals surface area contributed by atoms with Gasteiger partial charge in [-0.05, 0) is 38.0 Å². The lowest BCUT2D eigenvalue weighted by Gasteiger charge is -2.13. The average molecular weight is 302 g/mol. The van der Waals surface area contributed by atoms with Crippen molar-refractivity contribution in [1.82, 2.24) is 9.55 Å². The normalized spacial score (nSPS) is 10.3. The van der Waals surface area contributed by atoms with E-state index in [-0.39, 0.29) is 23.1 Å². The fourth-order valence-electron chi connectivity index (χ4n) is 2.47. The van der Waals surface area contributed by atoms with Gasteiger partial charge in [0.1, 0.15) is 5.94 Å². The van der Waals surface area contributed by atoms with Crippen molar-refractivity contribution in [1.29, 1.82) is 0 Å². The van der Waals surface area contributed by atoms with Crippen LogP contribution in [0.25, 0.3) is 17.1 Å². The highest BCUT2D eigenvalue weighted by Crippen LogP contribution is 2.23. The van der Waals surface area contributed by atoms with Crippen LogP contribution in [0.1, 0.15) is 28.4 Å². The number of aromatic nitrogens is 2. The Morgan fingerprint density at radius 3 is 2.68 bits per heavy atom. The minimum atomic E-state index is -0.747. The molecule has 0 aliphatic rings. The molecule has 2 aromatic rings. The van der Waals surface area contributed by atoms with Gasteiger partial charge in [0.05, 0.1) is 29.3 Å². The molecule has 1 aromatic carbocycles.